The molecule has 0 aromatic heterocycles. The molecule has 1 heterocycles. The van der Waals surface area contributed by atoms with Crippen molar-refractivity contribution in [1.29, 1.82) is 5.26 Å². The maximum absolute atomic E-state index is 8.27. The highest BCUT2D eigenvalue weighted by Crippen LogP contribution is 1.81. The van der Waals surface area contributed by atoms with Gasteiger partial charge in [0, 0.05) is 13.1 Å². The van der Waals surface area contributed by atoms with Gasteiger partial charge in [0.15, 0.2) is 0 Å². The first-order valence-electron chi connectivity index (χ1n) is 2.57. The third kappa shape index (κ3) is 1.04. The minimum atomic E-state index is 0.622. The molecule has 0 aliphatic carbocycles. The monoisotopic (exact) mass is 109 g/mol. The van der Waals surface area contributed by atoms with Gasteiger partial charge in [-0.3, -0.25) is 4.99 Å². The second-order valence-electron chi connectivity index (χ2n) is 1.62. The summed E-state index contributed by atoms with van der Waals surface area (Å²) >= 11 is 0. The maximum atomic E-state index is 8.27. The Kier molecular flexibility index (Phi) is 1.60. The number of rotatable bonds is 0. The molecule has 8 heavy (non-hydrogen) atoms. The molecule has 0 aromatic rings. The van der Waals surface area contributed by atoms with Gasteiger partial charge < -0.3 is 5.32 Å². The maximum Gasteiger partial charge on any atom is 0.126 e. The highest BCUT2D eigenvalue weighted by Gasteiger charge is 1.99. The average Bonchev–Trinajstić information content (AvgIpc) is 1.90. The van der Waals surface area contributed by atoms with Gasteiger partial charge in [-0.05, 0) is 0 Å². The molecule has 3 nitrogen and oxygen atoms in total. The van der Waals surface area contributed by atoms with Crippen molar-refractivity contribution in [3.8, 4) is 6.07 Å². The van der Waals surface area contributed by atoms with Crippen molar-refractivity contribution in [1.82, 2.24) is 5.32 Å². The average molecular weight is 109 g/mol. The molecule has 3 heteroatoms. The number of aliphatic imine (C=N–C) groups is 1. The lowest BCUT2D eigenvalue weighted by Crippen LogP contribution is -2.29. The van der Waals surface area contributed by atoms with Gasteiger partial charge in [-0.15, -0.1) is 0 Å². The highest BCUT2D eigenvalue weighted by molar-refractivity contribution is 6.00. The van der Waals surface area contributed by atoms with Gasteiger partial charge in [0.2, 0.25) is 0 Å². The van der Waals surface area contributed by atoms with Crippen LogP contribution in [0.2, 0.25) is 0 Å². The van der Waals surface area contributed by atoms with Crippen molar-refractivity contribution in [3.63, 3.8) is 0 Å². The lowest BCUT2D eigenvalue weighted by molar-refractivity contribution is 0.739. The van der Waals surface area contributed by atoms with Crippen LogP contribution in [-0.4, -0.2) is 25.3 Å². The lowest BCUT2D eigenvalue weighted by atomic mass is 10.3. The standard InChI is InChI=1S/C5H7N3/c6-3-5-4-7-1-2-8-5/h7H,1-2,4H2. The van der Waals surface area contributed by atoms with Crippen LogP contribution in [0.25, 0.3) is 0 Å². The molecule has 0 unspecified atom stereocenters. The fourth-order valence-corrected chi connectivity index (χ4v) is 0.607. The van der Waals surface area contributed by atoms with Crippen molar-refractivity contribution in [2.75, 3.05) is 19.6 Å². The topological polar surface area (TPSA) is 48.2 Å². The Morgan fingerprint density at radius 1 is 1.75 bits per heavy atom. The number of nitrogens with one attached hydrogen (secondary N) is 1. The van der Waals surface area contributed by atoms with E-state index in [4.69, 9.17) is 5.26 Å². The molecular formula is C5H7N3. The third-order valence-electron chi connectivity index (χ3n) is 1.01. The first-order chi connectivity index (χ1) is 3.93. The minimum Gasteiger partial charge on any atom is -0.309 e. The minimum absolute atomic E-state index is 0.622. The van der Waals surface area contributed by atoms with E-state index in [2.05, 4.69) is 10.3 Å². The molecule has 0 bridgehead atoms. The smallest absolute Gasteiger partial charge is 0.126 e. The second-order valence-corrected chi connectivity index (χ2v) is 1.62. The predicted octanol–water partition coefficient (Wildman–Crippen LogP) is -0.446. The summed E-state index contributed by atoms with van der Waals surface area (Å²) in [6.07, 6.45) is 0. The molecule has 42 valence electrons. The normalized spacial score (nSPS) is 19.1. The van der Waals surface area contributed by atoms with E-state index in [-0.39, 0.29) is 0 Å². The van der Waals surface area contributed by atoms with Crippen molar-refractivity contribution < 1.29 is 0 Å². The van der Waals surface area contributed by atoms with Crippen LogP contribution in [-0.2, 0) is 0 Å². The van der Waals surface area contributed by atoms with Gasteiger partial charge in [-0.1, -0.05) is 0 Å². The fraction of sp³-hybridized carbons (Fsp3) is 0.600. The van der Waals surface area contributed by atoms with E-state index >= 15 is 0 Å². The number of nitriles is 1. The summed E-state index contributed by atoms with van der Waals surface area (Å²) in [6.45, 7) is 2.31. The Bertz CT molecular complexity index is 142. The summed E-state index contributed by atoms with van der Waals surface area (Å²) in [4.78, 5) is 3.94. The van der Waals surface area contributed by atoms with E-state index < -0.39 is 0 Å². The molecule has 0 spiro atoms. The van der Waals surface area contributed by atoms with E-state index in [1.807, 2.05) is 6.07 Å². The number of nitrogens with zero attached hydrogens (tertiary/aromatic N) is 2. The second kappa shape index (κ2) is 2.43. The van der Waals surface area contributed by atoms with Gasteiger partial charge in [0.1, 0.15) is 11.8 Å². The highest BCUT2D eigenvalue weighted by atomic mass is 15.0. The zero-order valence-electron chi connectivity index (χ0n) is 4.52. The van der Waals surface area contributed by atoms with Crippen molar-refractivity contribution in [2.45, 2.75) is 0 Å². The van der Waals surface area contributed by atoms with Gasteiger partial charge >= 0.3 is 0 Å². The molecule has 0 saturated heterocycles. The molecule has 1 aliphatic rings. The van der Waals surface area contributed by atoms with Crippen LogP contribution in [0.3, 0.4) is 0 Å². The summed E-state index contributed by atoms with van der Waals surface area (Å²) in [5.41, 5.74) is 0.622. The van der Waals surface area contributed by atoms with E-state index in [0.717, 1.165) is 13.1 Å². The zero-order valence-corrected chi connectivity index (χ0v) is 4.52. The summed E-state index contributed by atoms with van der Waals surface area (Å²) in [5, 5.41) is 11.3. The van der Waals surface area contributed by atoms with Crippen LogP contribution in [0.5, 0.6) is 0 Å². The van der Waals surface area contributed by atoms with Crippen molar-refractivity contribution in [3.05, 3.63) is 0 Å². The molecule has 1 rings (SSSR count). The van der Waals surface area contributed by atoms with Crippen LogP contribution in [0.4, 0.5) is 0 Å². The van der Waals surface area contributed by atoms with Gasteiger partial charge in [-0.2, -0.15) is 5.26 Å². The van der Waals surface area contributed by atoms with Gasteiger partial charge in [-0.25, -0.2) is 0 Å². The Labute approximate surface area is 48.0 Å². The van der Waals surface area contributed by atoms with Crippen LogP contribution in [0, 0.1) is 11.3 Å². The summed E-state index contributed by atoms with van der Waals surface area (Å²) in [6, 6.07) is 1.99. The van der Waals surface area contributed by atoms with Gasteiger partial charge in [0.05, 0.1) is 6.54 Å². The van der Waals surface area contributed by atoms with Crippen LogP contribution in [0.15, 0.2) is 4.99 Å². The van der Waals surface area contributed by atoms with Crippen molar-refractivity contribution in [2.24, 2.45) is 4.99 Å². The molecule has 0 amide bonds. The zero-order chi connectivity index (χ0) is 5.82. The largest absolute Gasteiger partial charge is 0.309 e. The number of hydrogen-bond donors (Lipinski definition) is 1. The Morgan fingerprint density at radius 2 is 2.62 bits per heavy atom. The van der Waals surface area contributed by atoms with E-state index in [0.29, 0.717) is 12.3 Å². The summed E-state index contributed by atoms with van der Waals surface area (Å²) < 4.78 is 0. The van der Waals surface area contributed by atoms with Crippen LogP contribution < -0.4 is 5.32 Å². The Hall–Kier alpha value is -0.880. The van der Waals surface area contributed by atoms with E-state index in [1.54, 1.807) is 0 Å². The molecule has 1 aliphatic heterocycles. The van der Waals surface area contributed by atoms with Crippen LogP contribution in [0.1, 0.15) is 0 Å². The summed E-state index contributed by atoms with van der Waals surface area (Å²) in [7, 11) is 0. The molecule has 0 aromatic carbocycles. The van der Waals surface area contributed by atoms with E-state index in [9.17, 15) is 0 Å². The lowest BCUT2D eigenvalue weighted by Gasteiger charge is -2.05. The Balaban J connectivity index is 2.53. The molecule has 0 atom stereocenters. The first-order valence-corrected chi connectivity index (χ1v) is 2.57. The molecule has 0 radical (unpaired) electrons. The summed E-state index contributed by atoms with van der Waals surface area (Å²) in [5.74, 6) is 0. The van der Waals surface area contributed by atoms with Crippen LogP contribution >= 0.6 is 0 Å². The first kappa shape index (κ1) is 5.26. The molecule has 1 N–H and O–H groups in total. The fourth-order valence-electron chi connectivity index (χ4n) is 0.607. The van der Waals surface area contributed by atoms with E-state index in [1.165, 1.54) is 0 Å². The Morgan fingerprint density at radius 3 is 3.00 bits per heavy atom. The third-order valence-corrected chi connectivity index (χ3v) is 1.01. The quantitative estimate of drug-likeness (QED) is 0.458. The van der Waals surface area contributed by atoms with Gasteiger partial charge in [0.25, 0.3) is 0 Å². The predicted molar refractivity (Wildman–Crippen MR) is 30.8 cm³/mol. The number of hydrogen-bond acceptors (Lipinski definition) is 3. The molecular weight excluding hydrogens is 102 g/mol. The molecule has 0 saturated carbocycles. The van der Waals surface area contributed by atoms with Crippen molar-refractivity contribution >= 4 is 5.71 Å². The molecule has 0 fully saturated rings. The SMILES string of the molecule is N#CC1=NCCNC1.